The van der Waals surface area contributed by atoms with Crippen molar-refractivity contribution in [3.05, 3.63) is 26.3 Å². The maximum Gasteiger partial charge on any atom is 0.269 e. The molecule has 0 spiro atoms. The van der Waals surface area contributed by atoms with Gasteiger partial charge in [-0.05, 0) is 35.2 Å². The van der Waals surface area contributed by atoms with E-state index in [1.165, 1.54) is 10.9 Å². The quantitative estimate of drug-likeness (QED) is 0.798. The maximum absolute atomic E-state index is 12.0. The highest BCUT2D eigenvalue weighted by Crippen LogP contribution is 2.19. The van der Waals surface area contributed by atoms with Gasteiger partial charge in [0.05, 0.1) is 0 Å². The van der Waals surface area contributed by atoms with E-state index in [1.807, 2.05) is 0 Å². The summed E-state index contributed by atoms with van der Waals surface area (Å²) in [6, 6.07) is -0.494. The number of nitrogens with one attached hydrogen (secondary N) is 1. The Morgan fingerprint density at radius 2 is 2.24 bits per heavy atom. The second kappa shape index (κ2) is 5.18. The highest BCUT2D eigenvalue weighted by molar-refractivity contribution is 9.10. The zero-order chi connectivity index (χ0) is 12.4. The second-order valence-corrected chi connectivity index (χ2v) is 5.02. The van der Waals surface area contributed by atoms with E-state index >= 15 is 0 Å². The fourth-order valence-corrected chi connectivity index (χ4v) is 2.27. The van der Waals surface area contributed by atoms with E-state index in [2.05, 4.69) is 26.2 Å². The second-order valence-electron chi connectivity index (χ2n) is 3.86. The van der Waals surface area contributed by atoms with E-state index in [9.17, 15) is 9.59 Å². The van der Waals surface area contributed by atoms with E-state index in [0.717, 1.165) is 12.8 Å². The number of halogens is 2. The minimum Gasteiger partial charge on any atom is -0.354 e. The molecule has 7 heteroatoms. The van der Waals surface area contributed by atoms with E-state index in [0.29, 0.717) is 13.0 Å². The molecule has 2 rings (SSSR count). The topological polar surface area (TPSA) is 64.0 Å². The van der Waals surface area contributed by atoms with Gasteiger partial charge in [-0.1, -0.05) is 11.6 Å². The molecule has 0 aromatic carbocycles. The molecule has 1 aliphatic rings. The number of hydrogen-bond acceptors (Lipinski definition) is 3. The van der Waals surface area contributed by atoms with Crippen molar-refractivity contribution >= 4 is 33.4 Å². The fraction of sp³-hybridized carbons (Fsp3) is 0.500. The molecule has 0 radical (unpaired) electrons. The van der Waals surface area contributed by atoms with Crippen molar-refractivity contribution in [3.63, 3.8) is 0 Å². The monoisotopic (exact) mass is 319 g/mol. The zero-order valence-electron chi connectivity index (χ0n) is 8.95. The zero-order valence-corrected chi connectivity index (χ0v) is 11.3. The summed E-state index contributed by atoms with van der Waals surface area (Å²) in [6.45, 7) is 0.659. The number of nitrogens with zero attached hydrogens (tertiary/aromatic N) is 2. The average Bonchev–Trinajstić information content (AvgIpc) is 2.52. The number of carbonyl (C=O) groups is 1. The molecular formula is C10H11BrClN3O2. The third-order valence-electron chi connectivity index (χ3n) is 2.74. The maximum atomic E-state index is 12.0. The van der Waals surface area contributed by atoms with E-state index in [4.69, 9.17) is 11.6 Å². The lowest BCUT2D eigenvalue weighted by Gasteiger charge is -2.16. The van der Waals surface area contributed by atoms with Crippen LogP contribution in [0.4, 0.5) is 0 Å². The van der Waals surface area contributed by atoms with Crippen LogP contribution >= 0.6 is 27.5 Å². The van der Waals surface area contributed by atoms with Gasteiger partial charge in [-0.2, -0.15) is 0 Å². The number of hydrogen-bond donors (Lipinski definition) is 1. The molecule has 1 aliphatic heterocycles. The Labute approximate surface area is 111 Å². The predicted octanol–water partition coefficient (Wildman–Crippen LogP) is 1.50. The van der Waals surface area contributed by atoms with Gasteiger partial charge in [-0.25, -0.2) is 4.98 Å². The van der Waals surface area contributed by atoms with Crippen molar-refractivity contribution in [2.24, 2.45) is 0 Å². The number of rotatable bonds is 1. The molecule has 92 valence electrons. The van der Waals surface area contributed by atoms with Crippen LogP contribution in [0.25, 0.3) is 0 Å². The molecule has 1 atom stereocenters. The largest absolute Gasteiger partial charge is 0.354 e. The standard InChI is InChI=1S/C10H11BrClN3O2/c11-7-8(12)14-5-15(10(7)17)6-3-1-2-4-13-9(6)16/h5-6H,1-4H2,(H,13,16). The summed E-state index contributed by atoms with van der Waals surface area (Å²) in [5, 5.41) is 2.89. The van der Waals surface area contributed by atoms with Crippen LogP contribution in [0.15, 0.2) is 15.6 Å². The Kier molecular flexibility index (Phi) is 3.83. The first kappa shape index (κ1) is 12.6. The molecule has 1 saturated heterocycles. The smallest absolute Gasteiger partial charge is 0.269 e. The first-order valence-electron chi connectivity index (χ1n) is 5.31. The van der Waals surface area contributed by atoms with Gasteiger partial charge in [0.15, 0.2) is 5.15 Å². The molecule has 5 nitrogen and oxygen atoms in total. The molecular weight excluding hydrogens is 309 g/mol. The molecule has 0 bridgehead atoms. The first-order valence-corrected chi connectivity index (χ1v) is 6.48. The molecule has 0 saturated carbocycles. The van der Waals surface area contributed by atoms with Gasteiger partial charge < -0.3 is 5.32 Å². The summed E-state index contributed by atoms with van der Waals surface area (Å²) in [4.78, 5) is 27.7. The van der Waals surface area contributed by atoms with Gasteiger partial charge in [0, 0.05) is 6.54 Å². The van der Waals surface area contributed by atoms with E-state index < -0.39 is 6.04 Å². The van der Waals surface area contributed by atoms with Crippen molar-refractivity contribution in [2.75, 3.05) is 6.54 Å². The molecule has 17 heavy (non-hydrogen) atoms. The van der Waals surface area contributed by atoms with Gasteiger partial charge in [0.2, 0.25) is 5.91 Å². The lowest BCUT2D eigenvalue weighted by molar-refractivity contribution is -0.124. The predicted molar refractivity (Wildman–Crippen MR) is 67.1 cm³/mol. The third kappa shape index (κ3) is 2.52. The van der Waals surface area contributed by atoms with Crippen LogP contribution in [-0.4, -0.2) is 22.0 Å². The van der Waals surface area contributed by atoms with Gasteiger partial charge in [0.1, 0.15) is 16.8 Å². The molecule has 1 fully saturated rings. The van der Waals surface area contributed by atoms with E-state index in [1.54, 1.807) is 0 Å². The SMILES string of the molecule is O=C1NCCCCC1n1cnc(Cl)c(Br)c1=O. The van der Waals surface area contributed by atoms with Crippen LogP contribution in [0.3, 0.4) is 0 Å². The number of aromatic nitrogens is 2. The highest BCUT2D eigenvalue weighted by atomic mass is 79.9. The summed E-state index contributed by atoms with van der Waals surface area (Å²) < 4.78 is 1.52. The minimum atomic E-state index is -0.494. The summed E-state index contributed by atoms with van der Waals surface area (Å²) in [5.74, 6) is -0.138. The molecule has 1 amide bonds. The van der Waals surface area contributed by atoms with Crippen LogP contribution in [0.1, 0.15) is 25.3 Å². The fourth-order valence-electron chi connectivity index (χ4n) is 1.83. The molecule has 1 unspecified atom stereocenters. The van der Waals surface area contributed by atoms with E-state index in [-0.39, 0.29) is 21.1 Å². The van der Waals surface area contributed by atoms with Gasteiger partial charge in [-0.15, -0.1) is 0 Å². The molecule has 1 aromatic heterocycles. The summed E-state index contributed by atoms with van der Waals surface area (Å²) in [7, 11) is 0. The highest BCUT2D eigenvalue weighted by Gasteiger charge is 2.24. The van der Waals surface area contributed by atoms with Crippen molar-refractivity contribution in [1.29, 1.82) is 0 Å². The van der Waals surface area contributed by atoms with Crippen LogP contribution in [-0.2, 0) is 4.79 Å². The Bertz CT molecular complexity index is 503. The Morgan fingerprint density at radius 3 is 3.00 bits per heavy atom. The van der Waals surface area contributed by atoms with Gasteiger partial charge in [0.25, 0.3) is 5.56 Å². The van der Waals surface area contributed by atoms with Crippen molar-refractivity contribution in [1.82, 2.24) is 14.9 Å². The first-order chi connectivity index (χ1) is 8.11. The van der Waals surface area contributed by atoms with Crippen molar-refractivity contribution in [2.45, 2.75) is 25.3 Å². The van der Waals surface area contributed by atoms with Crippen LogP contribution < -0.4 is 10.9 Å². The number of amides is 1. The average molecular weight is 321 g/mol. The van der Waals surface area contributed by atoms with Gasteiger partial charge in [-0.3, -0.25) is 14.2 Å². The number of carbonyl (C=O) groups excluding carboxylic acids is 1. The third-order valence-corrected chi connectivity index (χ3v) is 3.97. The normalized spacial score (nSPS) is 20.8. The van der Waals surface area contributed by atoms with Gasteiger partial charge >= 0.3 is 0 Å². The summed E-state index contributed by atoms with van der Waals surface area (Å²) in [6.07, 6.45) is 3.79. The summed E-state index contributed by atoms with van der Waals surface area (Å²) in [5.41, 5.74) is -0.327. The lowest BCUT2D eigenvalue weighted by Crippen LogP contribution is -2.36. The summed E-state index contributed by atoms with van der Waals surface area (Å²) >= 11 is 8.80. The van der Waals surface area contributed by atoms with Crippen LogP contribution in [0.2, 0.25) is 5.15 Å². The Balaban J connectivity index is 2.42. The molecule has 1 N–H and O–H groups in total. The lowest BCUT2D eigenvalue weighted by atomic mass is 10.1. The van der Waals surface area contributed by atoms with Crippen molar-refractivity contribution < 1.29 is 4.79 Å². The van der Waals surface area contributed by atoms with Crippen LogP contribution in [0.5, 0.6) is 0 Å². The van der Waals surface area contributed by atoms with Crippen LogP contribution in [0, 0.1) is 0 Å². The Hall–Kier alpha value is -0.880. The molecule has 2 heterocycles. The van der Waals surface area contributed by atoms with Crippen molar-refractivity contribution in [3.8, 4) is 0 Å². The molecule has 1 aromatic rings. The minimum absolute atomic E-state index is 0.111. The molecule has 0 aliphatic carbocycles. The Morgan fingerprint density at radius 1 is 1.47 bits per heavy atom.